The molecule has 0 aliphatic heterocycles. The summed E-state index contributed by atoms with van der Waals surface area (Å²) in [5.41, 5.74) is 10.1. The molecule has 6 atom stereocenters. The molecule has 4 rings (SSSR count). The average molecular weight is 571 g/mol. The zero-order valence-corrected chi connectivity index (χ0v) is 26.4. The zero-order valence-electron chi connectivity index (χ0n) is 22.9. The van der Waals surface area contributed by atoms with Gasteiger partial charge in [0.25, 0.3) is 0 Å². The van der Waals surface area contributed by atoms with Gasteiger partial charge in [-0.2, -0.15) is 0 Å². The molecule has 3 aromatic carbocycles. The highest BCUT2D eigenvalue weighted by Crippen LogP contribution is 2.29. The second-order valence-corrected chi connectivity index (χ2v) is 17.0. The molecule has 1 fully saturated rings. The minimum absolute atomic E-state index is 0.00374. The van der Waals surface area contributed by atoms with Gasteiger partial charge in [-0.05, 0) is 54.1 Å². The van der Waals surface area contributed by atoms with E-state index in [1.807, 2.05) is 0 Å². The van der Waals surface area contributed by atoms with Gasteiger partial charge in [-0.25, -0.2) is 0 Å². The van der Waals surface area contributed by atoms with Crippen LogP contribution < -0.4 is 0 Å². The quantitative estimate of drug-likeness (QED) is 0.209. The van der Waals surface area contributed by atoms with E-state index in [9.17, 15) is 0 Å². The molecule has 0 aromatic heterocycles. The molecule has 1 aliphatic rings. The third kappa shape index (κ3) is 9.53. The van der Waals surface area contributed by atoms with Gasteiger partial charge in [0.15, 0.2) is 0 Å². The summed E-state index contributed by atoms with van der Waals surface area (Å²) in [5.74, 6) is 0. The van der Waals surface area contributed by atoms with Gasteiger partial charge < -0.3 is 13.3 Å². The minimum atomic E-state index is -1.69. The topological polar surface area (TPSA) is 27.7 Å². The average Bonchev–Trinajstić information content (AvgIpc) is 2.98. The summed E-state index contributed by atoms with van der Waals surface area (Å²) >= 11 is 0. The Bertz CT molecular complexity index is 1140. The number of hydrogen-bond donors (Lipinski definition) is 0. The van der Waals surface area contributed by atoms with Crippen LogP contribution in [0.1, 0.15) is 36.0 Å². The van der Waals surface area contributed by atoms with E-state index in [4.69, 9.17) is 13.3 Å². The molecule has 0 radical (unpaired) electrons. The van der Waals surface area contributed by atoms with Gasteiger partial charge in [-0.3, -0.25) is 0 Å². The predicted octanol–water partition coefficient (Wildman–Crippen LogP) is 6.02. The van der Waals surface area contributed by atoms with Gasteiger partial charge in [0.1, 0.15) is 0 Å². The first-order valence-corrected chi connectivity index (χ1v) is 20.0. The van der Waals surface area contributed by atoms with Crippen molar-refractivity contribution in [2.45, 2.75) is 55.7 Å². The van der Waals surface area contributed by atoms with Crippen LogP contribution in [-0.2, 0) is 31.4 Å². The van der Waals surface area contributed by atoms with Crippen LogP contribution in [0.25, 0.3) is 0 Å². The highest BCUT2D eigenvalue weighted by Gasteiger charge is 2.35. The first kappa shape index (κ1) is 29.4. The lowest BCUT2D eigenvalue weighted by molar-refractivity contribution is -0.0202. The Morgan fingerprint density at radius 1 is 0.538 bits per heavy atom. The Balaban J connectivity index is 1.45. The molecule has 0 saturated heterocycles. The van der Waals surface area contributed by atoms with Crippen LogP contribution in [-0.4, -0.2) is 45.4 Å². The molecular weight excluding hydrogens is 529 g/mol. The van der Waals surface area contributed by atoms with Gasteiger partial charge in [-0.1, -0.05) is 108 Å². The molecule has 39 heavy (non-hydrogen) atoms. The van der Waals surface area contributed by atoms with Gasteiger partial charge in [0.2, 0.25) is 27.1 Å². The van der Waals surface area contributed by atoms with Crippen molar-refractivity contribution < 1.29 is 13.3 Å². The van der Waals surface area contributed by atoms with Crippen molar-refractivity contribution in [2.24, 2.45) is 0 Å². The van der Waals surface area contributed by atoms with Crippen molar-refractivity contribution in [3.63, 3.8) is 0 Å². The number of hydrogen-bond acceptors (Lipinski definition) is 3. The Labute approximate surface area is 240 Å². The number of rotatable bonds is 15. The lowest BCUT2D eigenvalue weighted by Gasteiger charge is -2.40. The Morgan fingerprint density at radius 2 is 0.923 bits per heavy atom. The molecule has 0 spiro atoms. The van der Waals surface area contributed by atoms with Gasteiger partial charge >= 0.3 is 0 Å². The van der Waals surface area contributed by atoms with Crippen molar-refractivity contribution in [3.8, 4) is 0 Å². The SMILES string of the molecule is C=C[SiH](Cc1ccccc1)OC1CCC(O[SiH](C=C)Cc2ccccc2)C(O[SiH](C=C)Cc2ccccc2)C1. The van der Waals surface area contributed by atoms with Crippen molar-refractivity contribution in [1.29, 1.82) is 0 Å². The standard InChI is InChI=1S/C33H42O3Si3/c1-4-37(25-28-16-10-7-11-17-28)34-31-22-23-32(35-38(5-2)26-29-18-12-8-13-19-29)33(24-31)36-39(6-3)27-30-20-14-9-15-21-30/h4-21,31-33,37-39H,1-3,22-27H2. The monoisotopic (exact) mass is 570 g/mol. The van der Waals surface area contributed by atoms with Crippen molar-refractivity contribution in [2.75, 3.05) is 0 Å². The second kappa shape index (κ2) is 15.9. The molecule has 0 heterocycles. The van der Waals surface area contributed by atoms with E-state index in [-0.39, 0.29) is 18.3 Å². The molecule has 204 valence electrons. The highest BCUT2D eigenvalue weighted by atomic mass is 28.3. The van der Waals surface area contributed by atoms with Crippen molar-refractivity contribution >= 4 is 27.1 Å². The Hall–Kier alpha value is -2.59. The van der Waals surface area contributed by atoms with E-state index in [0.717, 1.165) is 37.4 Å². The molecule has 3 nitrogen and oxygen atoms in total. The molecule has 1 saturated carbocycles. The molecular formula is C33H42O3Si3. The van der Waals surface area contributed by atoms with Crippen LogP contribution in [0.5, 0.6) is 0 Å². The third-order valence-corrected chi connectivity index (χ3v) is 13.7. The predicted molar refractivity (Wildman–Crippen MR) is 171 cm³/mol. The van der Waals surface area contributed by atoms with Gasteiger partial charge in [0, 0.05) is 6.10 Å². The summed E-state index contributed by atoms with van der Waals surface area (Å²) in [4.78, 5) is 0. The van der Waals surface area contributed by atoms with E-state index >= 15 is 0 Å². The lowest BCUT2D eigenvalue weighted by Crippen LogP contribution is -2.47. The molecule has 0 N–H and O–H groups in total. The first-order chi connectivity index (χ1) is 19.2. The normalized spacial score (nSPS) is 21.4. The van der Waals surface area contributed by atoms with E-state index in [0.29, 0.717) is 0 Å². The van der Waals surface area contributed by atoms with E-state index in [2.05, 4.69) is 128 Å². The molecule has 0 amide bonds. The number of benzene rings is 3. The highest BCUT2D eigenvalue weighted by molar-refractivity contribution is 6.58. The van der Waals surface area contributed by atoms with E-state index < -0.39 is 27.1 Å². The van der Waals surface area contributed by atoms with Crippen LogP contribution in [0.2, 0.25) is 0 Å². The zero-order chi connectivity index (χ0) is 27.3. The summed E-state index contributed by atoms with van der Waals surface area (Å²) < 4.78 is 20.5. The van der Waals surface area contributed by atoms with Crippen LogP contribution in [0.4, 0.5) is 0 Å². The Morgan fingerprint density at radius 3 is 1.33 bits per heavy atom. The fraction of sp³-hybridized carbons (Fsp3) is 0.273. The largest absolute Gasteiger partial charge is 0.413 e. The molecule has 0 bridgehead atoms. The van der Waals surface area contributed by atoms with E-state index in [1.54, 1.807) is 0 Å². The van der Waals surface area contributed by atoms with Gasteiger partial charge in [-0.15, -0.1) is 19.7 Å². The maximum atomic E-state index is 6.91. The maximum Gasteiger partial charge on any atom is 0.205 e. The molecule has 6 heteroatoms. The summed E-state index contributed by atoms with van der Waals surface area (Å²) in [6.07, 6.45) is 3.01. The van der Waals surface area contributed by atoms with Crippen LogP contribution in [0.3, 0.4) is 0 Å². The summed E-state index contributed by atoms with van der Waals surface area (Å²) in [6, 6.07) is 34.7. The minimum Gasteiger partial charge on any atom is -0.413 e. The van der Waals surface area contributed by atoms with Crippen molar-refractivity contribution in [3.05, 3.63) is 145 Å². The summed E-state index contributed by atoms with van der Waals surface area (Å²) in [6.45, 7) is 12.4. The second-order valence-electron chi connectivity index (χ2n) is 10.3. The summed E-state index contributed by atoms with van der Waals surface area (Å²) in [5, 5.41) is 0. The molecule has 1 aliphatic carbocycles. The maximum absolute atomic E-state index is 6.91. The first-order valence-electron chi connectivity index (χ1n) is 14.1. The van der Waals surface area contributed by atoms with Crippen LogP contribution in [0, 0.1) is 0 Å². The smallest absolute Gasteiger partial charge is 0.205 e. The lowest BCUT2D eigenvalue weighted by atomic mass is 9.93. The fourth-order valence-corrected chi connectivity index (χ4v) is 10.9. The third-order valence-electron chi connectivity index (χ3n) is 7.38. The van der Waals surface area contributed by atoms with Crippen LogP contribution in [0.15, 0.2) is 128 Å². The van der Waals surface area contributed by atoms with Crippen LogP contribution >= 0.6 is 0 Å². The summed E-state index contributed by atoms with van der Waals surface area (Å²) in [7, 11) is -4.93. The molecule has 3 aromatic rings. The van der Waals surface area contributed by atoms with Gasteiger partial charge in [0.05, 0.1) is 12.2 Å². The van der Waals surface area contributed by atoms with E-state index in [1.165, 1.54) is 16.7 Å². The van der Waals surface area contributed by atoms with Crippen molar-refractivity contribution in [1.82, 2.24) is 0 Å². The molecule has 6 unspecified atom stereocenters. The fourth-order valence-electron chi connectivity index (χ4n) is 5.28. The Kier molecular flexibility index (Phi) is 12.0.